The van der Waals surface area contributed by atoms with Crippen molar-refractivity contribution in [2.24, 2.45) is 0 Å². The lowest BCUT2D eigenvalue weighted by molar-refractivity contribution is 0.164. The number of piperazine rings is 1. The third-order valence-corrected chi connectivity index (χ3v) is 3.87. The summed E-state index contributed by atoms with van der Waals surface area (Å²) < 4.78 is 0. The normalized spacial score (nSPS) is 16.9. The Kier molecular flexibility index (Phi) is 10.2. The standard InChI is InChI=1S/C13H19Cl2N3.2ClH/c1-2-3-11(18-8-6-16-7-9-18)10-4-5-12(14)17-13(10)15;;/h4-5,11,16H,2-3,6-9H2,1H3;2*1H/t11-;;/m0../s1. The van der Waals surface area contributed by atoms with Crippen LogP contribution in [-0.4, -0.2) is 36.1 Å². The van der Waals surface area contributed by atoms with Gasteiger partial charge in [-0.25, -0.2) is 4.98 Å². The molecule has 0 radical (unpaired) electrons. The highest BCUT2D eigenvalue weighted by Crippen LogP contribution is 2.31. The first kappa shape index (κ1) is 20.2. The predicted octanol–water partition coefficient (Wildman–Crippen LogP) is 3.98. The Morgan fingerprint density at radius 1 is 1.25 bits per heavy atom. The topological polar surface area (TPSA) is 28.2 Å². The molecule has 1 N–H and O–H groups in total. The van der Waals surface area contributed by atoms with E-state index in [1.54, 1.807) is 0 Å². The summed E-state index contributed by atoms with van der Waals surface area (Å²) in [6, 6.07) is 4.20. The Morgan fingerprint density at radius 3 is 2.45 bits per heavy atom. The highest BCUT2D eigenvalue weighted by molar-refractivity contribution is 6.32. The molecule has 1 aliphatic rings. The Hall–Kier alpha value is 0.230. The minimum atomic E-state index is 0. The number of halogens is 4. The number of nitrogens with one attached hydrogen (secondary N) is 1. The van der Waals surface area contributed by atoms with Crippen molar-refractivity contribution in [1.82, 2.24) is 15.2 Å². The van der Waals surface area contributed by atoms with Crippen LogP contribution in [0.3, 0.4) is 0 Å². The van der Waals surface area contributed by atoms with E-state index in [0.29, 0.717) is 16.3 Å². The summed E-state index contributed by atoms with van der Waals surface area (Å²) in [4.78, 5) is 6.64. The Labute approximate surface area is 143 Å². The molecule has 1 atom stereocenters. The molecule has 1 aromatic heterocycles. The summed E-state index contributed by atoms with van der Waals surface area (Å²) in [5.74, 6) is 0. The monoisotopic (exact) mass is 359 g/mol. The number of nitrogens with zero attached hydrogens (tertiary/aromatic N) is 2. The van der Waals surface area contributed by atoms with E-state index >= 15 is 0 Å². The lowest BCUT2D eigenvalue weighted by atomic mass is 10.0. The van der Waals surface area contributed by atoms with Crippen LogP contribution < -0.4 is 5.32 Å². The quantitative estimate of drug-likeness (QED) is 0.823. The van der Waals surface area contributed by atoms with Gasteiger partial charge in [-0.3, -0.25) is 4.90 Å². The summed E-state index contributed by atoms with van der Waals surface area (Å²) in [5.41, 5.74) is 1.10. The summed E-state index contributed by atoms with van der Waals surface area (Å²) in [6.07, 6.45) is 2.23. The van der Waals surface area contributed by atoms with E-state index in [1.807, 2.05) is 12.1 Å². The molecule has 116 valence electrons. The van der Waals surface area contributed by atoms with Crippen molar-refractivity contribution < 1.29 is 0 Å². The minimum absolute atomic E-state index is 0. The fourth-order valence-corrected chi connectivity index (χ4v) is 2.94. The van der Waals surface area contributed by atoms with Crippen molar-refractivity contribution in [2.75, 3.05) is 26.2 Å². The fraction of sp³-hybridized carbons (Fsp3) is 0.615. The molecule has 2 rings (SSSR count). The molecule has 0 unspecified atom stereocenters. The van der Waals surface area contributed by atoms with Crippen molar-refractivity contribution in [2.45, 2.75) is 25.8 Å². The largest absolute Gasteiger partial charge is 0.314 e. The molecule has 3 nitrogen and oxygen atoms in total. The van der Waals surface area contributed by atoms with E-state index in [0.717, 1.165) is 44.6 Å². The van der Waals surface area contributed by atoms with Gasteiger partial charge in [-0.1, -0.05) is 42.6 Å². The van der Waals surface area contributed by atoms with Gasteiger partial charge in [0.25, 0.3) is 0 Å². The van der Waals surface area contributed by atoms with Crippen LogP contribution in [0.5, 0.6) is 0 Å². The molecule has 0 aliphatic carbocycles. The molecule has 2 heterocycles. The zero-order valence-corrected chi connectivity index (χ0v) is 14.6. The number of aromatic nitrogens is 1. The van der Waals surface area contributed by atoms with Gasteiger partial charge in [0.2, 0.25) is 0 Å². The molecule has 0 spiro atoms. The molecular weight excluding hydrogens is 340 g/mol. The van der Waals surface area contributed by atoms with E-state index in [1.165, 1.54) is 0 Å². The minimum Gasteiger partial charge on any atom is -0.314 e. The van der Waals surface area contributed by atoms with Crippen molar-refractivity contribution in [3.05, 3.63) is 28.0 Å². The average Bonchev–Trinajstić information content (AvgIpc) is 2.38. The Balaban J connectivity index is 0.00000180. The van der Waals surface area contributed by atoms with Crippen molar-refractivity contribution >= 4 is 48.0 Å². The first-order chi connectivity index (χ1) is 8.72. The van der Waals surface area contributed by atoms with E-state index in [4.69, 9.17) is 23.2 Å². The van der Waals surface area contributed by atoms with Crippen LogP contribution in [-0.2, 0) is 0 Å². The van der Waals surface area contributed by atoms with Crippen LogP contribution >= 0.6 is 48.0 Å². The number of pyridine rings is 1. The van der Waals surface area contributed by atoms with Crippen LogP contribution in [0.15, 0.2) is 12.1 Å². The average molecular weight is 361 g/mol. The summed E-state index contributed by atoms with van der Waals surface area (Å²) in [6.45, 7) is 6.40. The molecule has 0 aromatic carbocycles. The van der Waals surface area contributed by atoms with Crippen LogP contribution in [0.25, 0.3) is 0 Å². The molecule has 0 bridgehead atoms. The fourth-order valence-electron chi connectivity index (χ4n) is 2.47. The first-order valence-electron chi connectivity index (χ1n) is 6.49. The number of rotatable bonds is 4. The second kappa shape index (κ2) is 10.0. The van der Waals surface area contributed by atoms with Gasteiger partial charge in [0, 0.05) is 37.8 Å². The molecule has 0 amide bonds. The van der Waals surface area contributed by atoms with Gasteiger partial charge in [-0.2, -0.15) is 0 Å². The van der Waals surface area contributed by atoms with Crippen molar-refractivity contribution in [1.29, 1.82) is 0 Å². The van der Waals surface area contributed by atoms with Gasteiger partial charge in [-0.15, -0.1) is 24.8 Å². The predicted molar refractivity (Wildman–Crippen MR) is 90.8 cm³/mol. The highest BCUT2D eigenvalue weighted by Gasteiger charge is 2.23. The van der Waals surface area contributed by atoms with E-state index in [-0.39, 0.29) is 24.8 Å². The zero-order valence-electron chi connectivity index (χ0n) is 11.4. The number of hydrogen-bond donors (Lipinski definition) is 1. The van der Waals surface area contributed by atoms with E-state index < -0.39 is 0 Å². The smallest absolute Gasteiger partial charge is 0.135 e. The molecular formula is C13H21Cl4N3. The van der Waals surface area contributed by atoms with Gasteiger partial charge in [0.05, 0.1) is 0 Å². The number of hydrogen-bond acceptors (Lipinski definition) is 3. The van der Waals surface area contributed by atoms with Gasteiger partial charge < -0.3 is 5.32 Å². The molecule has 7 heteroatoms. The third kappa shape index (κ3) is 5.21. The zero-order chi connectivity index (χ0) is 13.0. The van der Waals surface area contributed by atoms with Crippen LogP contribution in [0, 0.1) is 0 Å². The summed E-state index contributed by atoms with van der Waals surface area (Å²) in [7, 11) is 0. The van der Waals surface area contributed by atoms with Gasteiger partial charge in [0.1, 0.15) is 10.3 Å². The summed E-state index contributed by atoms with van der Waals surface area (Å²) >= 11 is 12.1. The van der Waals surface area contributed by atoms with Gasteiger partial charge in [0.15, 0.2) is 0 Å². The van der Waals surface area contributed by atoms with Gasteiger partial charge in [-0.05, 0) is 12.5 Å². The molecule has 1 aliphatic heterocycles. The Morgan fingerprint density at radius 2 is 1.90 bits per heavy atom. The second-order valence-electron chi connectivity index (χ2n) is 4.60. The maximum Gasteiger partial charge on any atom is 0.135 e. The molecule has 1 saturated heterocycles. The second-order valence-corrected chi connectivity index (χ2v) is 5.35. The van der Waals surface area contributed by atoms with Crippen molar-refractivity contribution in [3.8, 4) is 0 Å². The SMILES string of the molecule is CCC[C@@H](c1ccc(Cl)nc1Cl)N1CCNCC1.Cl.Cl. The lowest BCUT2D eigenvalue weighted by Crippen LogP contribution is -2.45. The van der Waals surface area contributed by atoms with Crippen LogP contribution in [0.2, 0.25) is 10.3 Å². The Bertz CT molecular complexity index is 397. The lowest BCUT2D eigenvalue weighted by Gasteiger charge is -2.35. The van der Waals surface area contributed by atoms with Gasteiger partial charge >= 0.3 is 0 Å². The molecule has 20 heavy (non-hydrogen) atoms. The van der Waals surface area contributed by atoms with E-state index in [2.05, 4.69) is 22.1 Å². The summed E-state index contributed by atoms with van der Waals surface area (Å²) in [5, 5.41) is 4.37. The van der Waals surface area contributed by atoms with Crippen LogP contribution in [0.1, 0.15) is 31.4 Å². The van der Waals surface area contributed by atoms with Crippen molar-refractivity contribution in [3.63, 3.8) is 0 Å². The molecule has 0 saturated carbocycles. The first-order valence-corrected chi connectivity index (χ1v) is 7.24. The highest BCUT2D eigenvalue weighted by atomic mass is 35.5. The maximum absolute atomic E-state index is 6.24. The third-order valence-electron chi connectivity index (χ3n) is 3.36. The molecule has 1 fully saturated rings. The molecule has 1 aromatic rings. The van der Waals surface area contributed by atoms with E-state index in [9.17, 15) is 0 Å². The maximum atomic E-state index is 6.24. The van der Waals surface area contributed by atoms with Crippen LogP contribution in [0.4, 0.5) is 0 Å².